The summed E-state index contributed by atoms with van der Waals surface area (Å²) in [4.78, 5) is 11.8. The van der Waals surface area contributed by atoms with Crippen molar-refractivity contribution in [2.45, 2.75) is 19.4 Å². The van der Waals surface area contributed by atoms with E-state index in [1.807, 2.05) is 7.05 Å². The smallest absolute Gasteiger partial charge is 0.260 e. The van der Waals surface area contributed by atoms with Crippen LogP contribution in [0.15, 0.2) is 24.3 Å². The standard InChI is InChI=1S/C14H22N2O3.ClH/c1-11(14(17)16-10-4-9-15-2)19-13-7-5-12(18-3)6-8-13;/h5-8,11,15H,4,9-10H2,1-3H3,(H,16,17);1H. The van der Waals surface area contributed by atoms with Crippen LogP contribution in [0.2, 0.25) is 0 Å². The first-order valence-corrected chi connectivity index (χ1v) is 6.40. The number of hydrogen-bond acceptors (Lipinski definition) is 4. The lowest BCUT2D eigenvalue weighted by Gasteiger charge is -2.14. The number of benzene rings is 1. The molecule has 1 rings (SSSR count). The Morgan fingerprint density at radius 3 is 2.35 bits per heavy atom. The van der Waals surface area contributed by atoms with Crippen molar-refractivity contribution in [1.82, 2.24) is 10.6 Å². The molecule has 20 heavy (non-hydrogen) atoms. The molecule has 0 aromatic heterocycles. The molecule has 0 aliphatic carbocycles. The Bertz CT molecular complexity index is 385. The van der Waals surface area contributed by atoms with Crippen LogP contribution in [0.1, 0.15) is 13.3 Å². The first kappa shape index (κ1) is 18.5. The van der Waals surface area contributed by atoms with Crippen LogP contribution in [0.25, 0.3) is 0 Å². The van der Waals surface area contributed by atoms with Gasteiger partial charge in [0.1, 0.15) is 11.5 Å². The zero-order chi connectivity index (χ0) is 14.1. The second-order valence-corrected chi connectivity index (χ2v) is 4.18. The summed E-state index contributed by atoms with van der Waals surface area (Å²) < 4.78 is 10.6. The molecule has 0 bridgehead atoms. The van der Waals surface area contributed by atoms with Gasteiger partial charge >= 0.3 is 0 Å². The Hall–Kier alpha value is -1.46. The zero-order valence-electron chi connectivity index (χ0n) is 12.1. The normalized spacial score (nSPS) is 11.2. The molecule has 1 atom stereocenters. The molecule has 2 N–H and O–H groups in total. The monoisotopic (exact) mass is 302 g/mol. The summed E-state index contributed by atoms with van der Waals surface area (Å²) in [5.74, 6) is 1.31. The second-order valence-electron chi connectivity index (χ2n) is 4.18. The molecule has 1 unspecified atom stereocenters. The van der Waals surface area contributed by atoms with Gasteiger partial charge in [-0.3, -0.25) is 4.79 Å². The quantitative estimate of drug-likeness (QED) is 0.716. The van der Waals surface area contributed by atoms with E-state index in [0.29, 0.717) is 12.3 Å². The SMILES string of the molecule is CNCCCNC(=O)C(C)Oc1ccc(OC)cc1.Cl. The zero-order valence-corrected chi connectivity index (χ0v) is 13.0. The number of amides is 1. The lowest BCUT2D eigenvalue weighted by Crippen LogP contribution is -2.37. The average molecular weight is 303 g/mol. The van der Waals surface area contributed by atoms with Gasteiger partial charge in [0.2, 0.25) is 0 Å². The van der Waals surface area contributed by atoms with E-state index in [9.17, 15) is 4.79 Å². The van der Waals surface area contributed by atoms with E-state index in [4.69, 9.17) is 9.47 Å². The van der Waals surface area contributed by atoms with E-state index in [0.717, 1.165) is 18.7 Å². The molecule has 0 heterocycles. The third-order valence-corrected chi connectivity index (χ3v) is 2.64. The van der Waals surface area contributed by atoms with Crippen LogP contribution in [-0.4, -0.2) is 39.3 Å². The van der Waals surface area contributed by atoms with Crippen LogP contribution in [0, 0.1) is 0 Å². The molecule has 0 radical (unpaired) electrons. The van der Waals surface area contributed by atoms with E-state index < -0.39 is 6.10 Å². The van der Waals surface area contributed by atoms with E-state index in [1.54, 1.807) is 38.3 Å². The van der Waals surface area contributed by atoms with Gasteiger partial charge < -0.3 is 20.1 Å². The summed E-state index contributed by atoms with van der Waals surface area (Å²) in [6, 6.07) is 7.16. The number of halogens is 1. The van der Waals surface area contributed by atoms with E-state index in [2.05, 4.69) is 10.6 Å². The molecule has 0 aliphatic heterocycles. The fourth-order valence-electron chi connectivity index (χ4n) is 1.53. The van der Waals surface area contributed by atoms with E-state index in [-0.39, 0.29) is 18.3 Å². The van der Waals surface area contributed by atoms with Gasteiger partial charge in [-0.2, -0.15) is 0 Å². The molecule has 1 aromatic carbocycles. The summed E-state index contributed by atoms with van der Waals surface area (Å²) >= 11 is 0. The molecule has 1 amide bonds. The summed E-state index contributed by atoms with van der Waals surface area (Å²) in [5.41, 5.74) is 0. The number of hydrogen-bond donors (Lipinski definition) is 2. The van der Waals surface area contributed by atoms with Gasteiger partial charge in [0.25, 0.3) is 5.91 Å². The van der Waals surface area contributed by atoms with Gasteiger partial charge in [-0.15, -0.1) is 12.4 Å². The molecule has 0 fully saturated rings. The first-order chi connectivity index (χ1) is 9.17. The number of rotatable bonds is 8. The van der Waals surface area contributed by atoms with Gasteiger partial charge in [0.15, 0.2) is 6.10 Å². The van der Waals surface area contributed by atoms with Gasteiger partial charge in [0.05, 0.1) is 7.11 Å². The minimum Gasteiger partial charge on any atom is -0.497 e. The van der Waals surface area contributed by atoms with Crippen LogP contribution in [0.4, 0.5) is 0 Å². The molecular weight excluding hydrogens is 280 g/mol. The fraction of sp³-hybridized carbons (Fsp3) is 0.500. The lowest BCUT2D eigenvalue weighted by molar-refractivity contribution is -0.127. The average Bonchev–Trinajstić information content (AvgIpc) is 2.44. The second kappa shape index (κ2) is 10.3. The third-order valence-electron chi connectivity index (χ3n) is 2.64. The van der Waals surface area contributed by atoms with Crippen LogP contribution < -0.4 is 20.1 Å². The molecule has 6 heteroatoms. The van der Waals surface area contributed by atoms with Crippen molar-refractivity contribution in [1.29, 1.82) is 0 Å². The highest BCUT2D eigenvalue weighted by molar-refractivity contribution is 5.85. The highest BCUT2D eigenvalue weighted by Gasteiger charge is 2.13. The van der Waals surface area contributed by atoms with Crippen molar-refractivity contribution in [3.8, 4) is 11.5 Å². The summed E-state index contributed by atoms with van der Waals surface area (Å²) in [6.45, 7) is 3.27. The van der Waals surface area contributed by atoms with Crippen LogP contribution in [0.3, 0.4) is 0 Å². The number of ether oxygens (including phenoxy) is 2. The predicted octanol–water partition coefficient (Wildman–Crippen LogP) is 1.61. The molecule has 0 saturated carbocycles. The Balaban J connectivity index is 0.00000361. The Morgan fingerprint density at radius 1 is 1.20 bits per heavy atom. The molecule has 1 aromatic rings. The van der Waals surface area contributed by atoms with Crippen LogP contribution >= 0.6 is 12.4 Å². The number of methoxy groups -OCH3 is 1. The van der Waals surface area contributed by atoms with Crippen molar-refractivity contribution >= 4 is 18.3 Å². The van der Waals surface area contributed by atoms with Crippen LogP contribution in [0.5, 0.6) is 11.5 Å². The summed E-state index contributed by atoms with van der Waals surface area (Å²) in [6.07, 6.45) is 0.389. The van der Waals surface area contributed by atoms with Gasteiger partial charge in [-0.05, 0) is 51.2 Å². The Labute approximate surface area is 126 Å². The molecule has 0 aliphatic rings. The van der Waals surface area contributed by atoms with Crippen LogP contribution in [-0.2, 0) is 4.79 Å². The first-order valence-electron chi connectivity index (χ1n) is 6.40. The fourth-order valence-corrected chi connectivity index (χ4v) is 1.53. The topological polar surface area (TPSA) is 59.6 Å². The van der Waals surface area contributed by atoms with Crippen molar-refractivity contribution < 1.29 is 14.3 Å². The van der Waals surface area contributed by atoms with Gasteiger partial charge in [0, 0.05) is 6.54 Å². The van der Waals surface area contributed by atoms with E-state index in [1.165, 1.54) is 0 Å². The molecule has 5 nitrogen and oxygen atoms in total. The molecule has 0 saturated heterocycles. The highest BCUT2D eigenvalue weighted by atomic mass is 35.5. The minimum absolute atomic E-state index is 0. The molecular formula is C14H23ClN2O3. The van der Waals surface area contributed by atoms with Crippen molar-refractivity contribution in [3.05, 3.63) is 24.3 Å². The maximum atomic E-state index is 11.8. The Morgan fingerprint density at radius 2 is 1.80 bits per heavy atom. The van der Waals surface area contributed by atoms with Gasteiger partial charge in [-0.1, -0.05) is 0 Å². The molecule has 114 valence electrons. The Kier molecular flexibility index (Phi) is 9.59. The minimum atomic E-state index is -0.511. The van der Waals surface area contributed by atoms with Crippen molar-refractivity contribution in [2.75, 3.05) is 27.2 Å². The van der Waals surface area contributed by atoms with Crippen molar-refractivity contribution in [3.63, 3.8) is 0 Å². The largest absolute Gasteiger partial charge is 0.497 e. The van der Waals surface area contributed by atoms with E-state index >= 15 is 0 Å². The maximum absolute atomic E-state index is 11.8. The number of nitrogens with one attached hydrogen (secondary N) is 2. The van der Waals surface area contributed by atoms with Gasteiger partial charge in [-0.25, -0.2) is 0 Å². The summed E-state index contributed by atoms with van der Waals surface area (Å²) in [7, 11) is 3.49. The molecule has 0 spiro atoms. The highest BCUT2D eigenvalue weighted by Crippen LogP contribution is 2.18. The number of carbonyl (C=O) groups excluding carboxylic acids is 1. The predicted molar refractivity (Wildman–Crippen MR) is 81.9 cm³/mol. The number of carbonyl (C=O) groups is 1. The van der Waals surface area contributed by atoms with Crippen molar-refractivity contribution in [2.24, 2.45) is 0 Å². The third kappa shape index (κ3) is 6.63. The summed E-state index contributed by atoms with van der Waals surface area (Å²) in [5, 5.41) is 5.86. The lowest BCUT2D eigenvalue weighted by atomic mass is 10.3. The maximum Gasteiger partial charge on any atom is 0.260 e.